The van der Waals surface area contributed by atoms with Gasteiger partial charge >= 0.3 is 5.97 Å². The molecular weight excluding hydrogens is 270 g/mol. The van der Waals surface area contributed by atoms with Crippen LogP contribution in [0, 0.1) is 11.3 Å². The summed E-state index contributed by atoms with van der Waals surface area (Å²) >= 11 is 0. The van der Waals surface area contributed by atoms with Gasteiger partial charge in [-0.1, -0.05) is 30.3 Å². The minimum Gasteiger partial charge on any atom is -0.497 e. The number of nitrogens with zero attached hydrogens (tertiary/aromatic N) is 1. The van der Waals surface area contributed by atoms with E-state index in [2.05, 4.69) is 0 Å². The van der Waals surface area contributed by atoms with Crippen molar-refractivity contribution in [2.45, 2.75) is 6.10 Å². The second-order valence-corrected chi connectivity index (χ2v) is 4.26. The second kappa shape index (κ2) is 6.44. The highest BCUT2D eigenvalue weighted by Crippen LogP contribution is 2.27. The van der Waals surface area contributed by atoms with Crippen molar-refractivity contribution in [3.63, 3.8) is 0 Å². The van der Waals surface area contributed by atoms with Crippen molar-refractivity contribution in [1.82, 2.24) is 0 Å². The van der Waals surface area contributed by atoms with Gasteiger partial charge < -0.3 is 14.6 Å². The molecule has 0 radical (unpaired) electrons. The molecule has 1 atom stereocenters. The Morgan fingerprint density at radius 1 is 1.19 bits per heavy atom. The van der Waals surface area contributed by atoms with E-state index in [1.165, 1.54) is 13.2 Å². The first kappa shape index (κ1) is 14.4. The predicted octanol–water partition coefficient (Wildman–Crippen LogP) is 2.77. The zero-order chi connectivity index (χ0) is 15.2. The minimum atomic E-state index is -1.15. The highest BCUT2D eigenvalue weighted by Gasteiger charge is 2.22. The number of methoxy groups -OCH3 is 1. The minimum absolute atomic E-state index is 0.266. The van der Waals surface area contributed by atoms with Crippen LogP contribution in [0.15, 0.2) is 48.5 Å². The summed E-state index contributed by atoms with van der Waals surface area (Å²) < 4.78 is 10.6. The fourth-order valence-corrected chi connectivity index (χ4v) is 1.85. The number of nitriles is 1. The summed E-state index contributed by atoms with van der Waals surface area (Å²) in [5.74, 6) is -0.411. The first-order valence-electron chi connectivity index (χ1n) is 6.17. The first-order chi connectivity index (χ1) is 10.1. The molecular formula is C16H13NO4. The van der Waals surface area contributed by atoms with E-state index >= 15 is 0 Å². The van der Waals surface area contributed by atoms with Crippen LogP contribution in [0.25, 0.3) is 0 Å². The fourth-order valence-electron chi connectivity index (χ4n) is 1.85. The molecule has 2 aromatic carbocycles. The number of carboxylic acids is 1. The SMILES string of the molecule is COc1cc(C#N)cc(OC(C(=O)O)c2ccccc2)c1. The highest BCUT2D eigenvalue weighted by atomic mass is 16.5. The smallest absolute Gasteiger partial charge is 0.349 e. The van der Waals surface area contributed by atoms with Gasteiger partial charge in [-0.05, 0) is 12.1 Å². The van der Waals surface area contributed by atoms with Crippen LogP contribution < -0.4 is 9.47 Å². The van der Waals surface area contributed by atoms with Crippen molar-refractivity contribution in [1.29, 1.82) is 5.26 Å². The van der Waals surface area contributed by atoms with Crippen molar-refractivity contribution in [2.75, 3.05) is 7.11 Å². The molecule has 5 heteroatoms. The van der Waals surface area contributed by atoms with Gasteiger partial charge in [0, 0.05) is 11.6 Å². The van der Waals surface area contributed by atoms with E-state index in [-0.39, 0.29) is 5.75 Å². The zero-order valence-corrected chi connectivity index (χ0v) is 11.3. The molecule has 0 heterocycles. The summed E-state index contributed by atoms with van der Waals surface area (Å²) in [7, 11) is 1.46. The van der Waals surface area contributed by atoms with E-state index in [1.54, 1.807) is 42.5 Å². The molecule has 0 saturated carbocycles. The van der Waals surface area contributed by atoms with Crippen molar-refractivity contribution in [3.05, 3.63) is 59.7 Å². The Labute approximate surface area is 122 Å². The van der Waals surface area contributed by atoms with Gasteiger partial charge in [0.1, 0.15) is 11.5 Å². The Morgan fingerprint density at radius 2 is 1.86 bits per heavy atom. The van der Waals surface area contributed by atoms with Crippen LogP contribution in [-0.4, -0.2) is 18.2 Å². The number of aliphatic carboxylic acids is 1. The van der Waals surface area contributed by atoms with Crippen molar-refractivity contribution in [2.24, 2.45) is 0 Å². The van der Waals surface area contributed by atoms with E-state index in [0.29, 0.717) is 16.9 Å². The molecule has 0 fully saturated rings. The third kappa shape index (κ3) is 3.51. The summed E-state index contributed by atoms with van der Waals surface area (Å²) in [5, 5.41) is 18.3. The molecule has 0 bridgehead atoms. The molecule has 2 aromatic rings. The van der Waals surface area contributed by atoms with Gasteiger partial charge in [-0.3, -0.25) is 0 Å². The molecule has 0 aliphatic rings. The maximum absolute atomic E-state index is 11.4. The highest BCUT2D eigenvalue weighted by molar-refractivity contribution is 5.74. The van der Waals surface area contributed by atoms with E-state index in [4.69, 9.17) is 14.7 Å². The van der Waals surface area contributed by atoms with Gasteiger partial charge in [0.15, 0.2) is 0 Å². The third-order valence-electron chi connectivity index (χ3n) is 2.83. The topological polar surface area (TPSA) is 79.5 Å². The molecule has 0 aromatic heterocycles. The average molecular weight is 283 g/mol. The number of ether oxygens (including phenoxy) is 2. The van der Waals surface area contributed by atoms with Gasteiger partial charge in [-0.15, -0.1) is 0 Å². The Balaban J connectivity index is 2.34. The van der Waals surface area contributed by atoms with E-state index in [0.717, 1.165) is 0 Å². The molecule has 0 amide bonds. The van der Waals surface area contributed by atoms with E-state index in [9.17, 15) is 9.90 Å². The van der Waals surface area contributed by atoms with Gasteiger partial charge in [0.2, 0.25) is 6.10 Å². The lowest BCUT2D eigenvalue weighted by Gasteiger charge is -2.16. The van der Waals surface area contributed by atoms with Crippen LogP contribution in [0.1, 0.15) is 17.2 Å². The maximum atomic E-state index is 11.4. The van der Waals surface area contributed by atoms with Crippen LogP contribution in [0.4, 0.5) is 0 Å². The maximum Gasteiger partial charge on any atom is 0.349 e. The molecule has 2 rings (SSSR count). The van der Waals surface area contributed by atoms with Crippen LogP contribution >= 0.6 is 0 Å². The first-order valence-corrected chi connectivity index (χ1v) is 6.17. The number of rotatable bonds is 5. The summed E-state index contributed by atoms with van der Waals surface area (Å²) in [6, 6.07) is 15.1. The van der Waals surface area contributed by atoms with Crippen LogP contribution in [0.2, 0.25) is 0 Å². The number of hydrogen-bond donors (Lipinski definition) is 1. The predicted molar refractivity (Wildman–Crippen MR) is 75.2 cm³/mol. The molecule has 0 saturated heterocycles. The normalized spacial score (nSPS) is 11.2. The van der Waals surface area contributed by atoms with Crippen molar-refractivity contribution < 1.29 is 19.4 Å². The van der Waals surface area contributed by atoms with Crippen molar-refractivity contribution >= 4 is 5.97 Å². The number of carbonyl (C=O) groups is 1. The largest absolute Gasteiger partial charge is 0.497 e. The molecule has 0 aliphatic carbocycles. The summed E-state index contributed by atoms with van der Waals surface area (Å²) in [6.07, 6.45) is -1.15. The fraction of sp³-hybridized carbons (Fsp3) is 0.125. The summed E-state index contributed by atoms with van der Waals surface area (Å²) in [4.78, 5) is 11.4. The van der Waals surface area contributed by atoms with Gasteiger partial charge in [-0.2, -0.15) is 5.26 Å². The lowest BCUT2D eigenvalue weighted by Crippen LogP contribution is -2.18. The summed E-state index contributed by atoms with van der Waals surface area (Å²) in [5.41, 5.74) is 0.855. The molecule has 5 nitrogen and oxygen atoms in total. The number of carboxylic acid groups (broad SMARTS) is 1. The Hall–Kier alpha value is -3.00. The zero-order valence-electron chi connectivity index (χ0n) is 11.3. The molecule has 0 aliphatic heterocycles. The molecule has 21 heavy (non-hydrogen) atoms. The van der Waals surface area contributed by atoms with Gasteiger partial charge in [0.05, 0.1) is 18.7 Å². The quantitative estimate of drug-likeness (QED) is 0.912. The summed E-state index contributed by atoms with van der Waals surface area (Å²) in [6.45, 7) is 0. The van der Waals surface area contributed by atoms with Crippen molar-refractivity contribution in [3.8, 4) is 17.6 Å². The second-order valence-electron chi connectivity index (χ2n) is 4.26. The van der Waals surface area contributed by atoms with Crippen LogP contribution in [-0.2, 0) is 4.79 Å². The molecule has 0 spiro atoms. The monoisotopic (exact) mass is 283 g/mol. The number of hydrogen-bond acceptors (Lipinski definition) is 4. The molecule has 106 valence electrons. The van der Waals surface area contributed by atoms with Crippen LogP contribution in [0.5, 0.6) is 11.5 Å². The lowest BCUT2D eigenvalue weighted by molar-refractivity contribution is -0.145. The third-order valence-corrected chi connectivity index (χ3v) is 2.83. The Kier molecular flexibility index (Phi) is 4.42. The van der Waals surface area contributed by atoms with Crippen LogP contribution in [0.3, 0.4) is 0 Å². The van der Waals surface area contributed by atoms with Gasteiger partial charge in [0.25, 0.3) is 0 Å². The van der Waals surface area contributed by atoms with Gasteiger partial charge in [-0.25, -0.2) is 4.79 Å². The average Bonchev–Trinajstić information content (AvgIpc) is 2.52. The van der Waals surface area contributed by atoms with E-state index in [1.807, 2.05) is 6.07 Å². The standard InChI is InChI=1S/C16H13NO4/c1-20-13-7-11(10-17)8-14(9-13)21-15(16(18)19)12-5-3-2-4-6-12/h2-9,15H,1H3,(H,18,19). The number of benzene rings is 2. The molecule has 1 unspecified atom stereocenters. The Morgan fingerprint density at radius 3 is 2.43 bits per heavy atom. The van der Waals surface area contributed by atoms with E-state index < -0.39 is 12.1 Å². The molecule has 1 N–H and O–H groups in total. The Bertz CT molecular complexity index is 676. The lowest BCUT2D eigenvalue weighted by atomic mass is 10.1.